The van der Waals surface area contributed by atoms with Crippen molar-refractivity contribution in [2.75, 3.05) is 11.9 Å². The number of nitrogens with one attached hydrogen (secondary N) is 1. The molecule has 2 amide bonds. The Morgan fingerprint density at radius 2 is 1.69 bits per heavy atom. The van der Waals surface area contributed by atoms with Gasteiger partial charge in [-0.1, -0.05) is 24.3 Å². The topological polar surface area (TPSA) is 66.7 Å². The molecule has 0 saturated heterocycles. The zero-order valence-corrected chi connectivity index (χ0v) is 15.4. The molecule has 0 spiro atoms. The third-order valence-corrected chi connectivity index (χ3v) is 3.89. The van der Waals surface area contributed by atoms with Crippen LogP contribution >= 0.6 is 0 Å². The molecule has 0 saturated carbocycles. The summed E-state index contributed by atoms with van der Waals surface area (Å²) in [7, 11) is 1.70. The summed E-state index contributed by atoms with van der Waals surface area (Å²) in [5.41, 5.74) is 1.20. The minimum absolute atomic E-state index is 0.195. The second-order valence-corrected chi connectivity index (χ2v) is 7.14. The van der Waals surface area contributed by atoms with Gasteiger partial charge in [0.15, 0.2) is 5.69 Å². The van der Waals surface area contributed by atoms with Gasteiger partial charge in [0.25, 0.3) is 11.8 Å². The van der Waals surface area contributed by atoms with Gasteiger partial charge in [-0.2, -0.15) is 0 Å². The molecule has 1 aromatic carbocycles. The third-order valence-electron chi connectivity index (χ3n) is 3.89. The predicted molar refractivity (Wildman–Crippen MR) is 102 cm³/mol. The molecule has 0 radical (unpaired) electrons. The lowest BCUT2D eigenvalue weighted by molar-refractivity contribution is 0.0908. The Labute approximate surface area is 152 Å². The SMILES string of the molecule is CN(C(=O)c1nc(C(=O)NC(C)(C)C)n2ccccc12)c1ccccc1. The van der Waals surface area contributed by atoms with Gasteiger partial charge in [0, 0.05) is 24.5 Å². The third kappa shape index (κ3) is 3.44. The van der Waals surface area contributed by atoms with Gasteiger partial charge in [-0.25, -0.2) is 4.98 Å². The molecule has 0 fully saturated rings. The molecule has 0 bridgehead atoms. The molecule has 134 valence electrons. The standard InChI is InChI=1S/C20H22N4O2/c1-20(2,3)22-18(25)17-21-16(15-12-8-9-13-24(15)17)19(26)23(4)14-10-6-5-7-11-14/h5-13H,1-4H3,(H,22,25). The van der Waals surface area contributed by atoms with Gasteiger partial charge in [0.1, 0.15) is 0 Å². The van der Waals surface area contributed by atoms with Gasteiger partial charge in [-0.15, -0.1) is 0 Å². The lowest BCUT2D eigenvalue weighted by Gasteiger charge is -2.19. The van der Waals surface area contributed by atoms with Crippen LogP contribution in [0, 0.1) is 0 Å². The van der Waals surface area contributed by atoms with Crippen LogP contribution in [0.3, 0.4) is 0 Å². The second-order valence-electron chi connectivity index (χ2n) is 7.14. The number of para-hydroxylation sites is 1. The van der Waals surface area contributed by atoms with E-state index in [0.717, 1.165) is 5.69 Å². The van der Waals surface area contributed by atoms with E-state index < -0.39 is 5.54 Å². The number of aromatic nitrogens is 2. The van der Waals surface area contributed by atoms with Crippen molar-refractivity contribution in [3.05, 3.63) is 66.2 Å². The molecule has 0 unspecified atom stereocenters. The summed E-state index contributed by atoms with van der Waals surface area (Å²) >= 11 is 0. The number of carbonyl (C=O) groups is 2. The minimum atomic E-state index is -0.400. The summed E-state index contributed by atoms with van der Waals surface area (Å²) in [5, 5.41) is 2.89. The number of hydrogen-bond acceptors (Lipinski definition) is 3. The Hall–Kier alpha value is -3.15. The predicted octanol–water partition coefficient (Wildman–Crippen LogP) is 3.14. The lowest BCUT2D eigenvalue weighted by Crippen LogP contribution is -2.41. The monoisotopic (exact) mass is 350 g/mol. The van der Waals surface area contributed by atoms with Crippen LogP contribution < -0.4 is 10.2 Å². The maximum atomic E-state index is 13.0. The van der Waals surface area contributed by atoms with E-state index in [1.165, 1.54) is 4.90 Å². The molecule has 2 aromatic heterocycles. The number of amides is 2. The second kappa shape index (κ2) is 6.63. The fraction of sp³-hybridized carbons (Fsp3) is 0.250. The van der Waals surface area contributed by atoms with Gasteiger partial charge in [-0.3, -0.25) is 14.0 Å². The average molecular weight is 350 g/mol. The number of carbonyl (C=O) groups excluding carboxylic acids is 2. The molecule has 0 aliphatic carbocycles. The summed E-state index contributed by atoms with van der Waals surface area (Å²) in [6.45, 7) is 5.70. The molecule has 6 nitrogen and oxygen atoms in total. The molecular formula is C20H22N4O2. The number of imidazole rings is 1. The van der Waals surface area contributed by atoms with Crippen molar-refractivity contribution in [1.29, 1.82) is 0 Å². The van der Waals surface area contributed by atoms with Crippen LogP contribution in [0.1, 0.15) is 41.9 Å². The Bertz CT molecular complexity index is 955. The van der Waals surface area contributed by atoms with Crippen molar-refractivity contribution in [1.82, 2.24) is 14.7 Å². The van der Waals surface area contributed by atoms with Crippen molar-refractivity contribution in [3.63, 3.8) is 0 Å². The van der Waals surface area contributed by atoms with E-state index in [9.17, 15) is 9.59 Å². The molecule has 2 heterocycles. The number of rotatable bonds is 3. The first-order valence-corrected chi connectivity index (χ1v) is 8.40. The number of pyridine rings is 1. The van der Waals surface area contributed by atoms with Gasteiger partial charge in [0.2, 0.25) is 5.82 Å². The van der Waals surface area contributed by atoms with E-state index in [-0.39, 0.29) is 23.3 Å². The zero-order chi connectivity index (χ0) is 18.9. The Morgan fingerprint density at radius 1 is 1.04 bits per heavy atom. The van der Waals surface area contributed by atoms with Crippen LogP contribution in [0.5, 0.6) is 0 Å². The van der Waals surface area contributed by atoms with Crippen LogP contribution in [0.25, 0.3) is 5.52 Å². The fourth-order valence-corrected chi connectivity index (χ4v) is 2.68. The van der Waals surface area contributed by atoms with Crippen molar-refractivity contribution in [2.24, 2.45) is 0 Å². The molecule has 0 aliphatic rings. The van der Waals surface area contributed by atoms with Gasteiger partial charge < -0.3 is 10.2 Å². The van der Waals surface area contributed by atoms with E-state index in [0.29, 0.717) is 5.52 Å². The molecular weight excluding hydrogens is 328 g/mol. The molecule has 0 atom stereocenters. The largest absolute Gasteiger partial charge is 0.345 e. The number of hydrogen-bond donors (Lipinski definition) is 1. The summed E-state index contributed by atoms with van der Waals surface area (Å²) in [4.78, 5) is 31.5. The Morgan fingerprint density at radius 3 is 2.35 bits per heavy atom. The molecule has 0 aliphatic heterocycles. The maximum absolute atomic E-state index is 13.0. The number of nitrogens with zero attached hydrogens (tertiary/aromatic N) is 3. The molecule has 6 heteroatoms. The summed E-state index contributed by atoms with van der Waals surface area (Å²) in [5.74, 6) is -0.393. The van der Waals surface area contributed by atoms with Crippen molar-refractivity contribution in [2.45, 2.75) is 26.3 Å². The summed E-state index contributed by atoms with van der Waals surface area (Å²) in [6, 6.07) is 14.7. The quantitative estimate of drug-likeness (QED) is 0.789. The van der Waals surface area contributed by atoms with Crippen LogP contribution in [0.4, 0.5) is 5.69 Å². The Kier molecular flexibility index (Phi) is 4.50. The van der Waals surface area contributed by atoms with Crippen LogP contribution in [-0.2, 0) is 0 Å². The smallest absolute Gasteiger partial charge is 0.288 e. The fourth-order valence-electron chi connectivity index (χ4n) is 2.68. The van der Waals surface area contributed by atoms with Crippen molar-refractivity contribution < 1.29 is 9.59 Å². The highest BCUT2D eigenvalue weighted by Gasteiger charge is 2.25. The lowest BCUT2D eigenvalue weighted by atomic mass is 10.1. The minimum Gasteiger partial charge on any atom is -0.345 e. The van der Waals surface area contributed by atoms with Crippen molar-refractivity contribution in [3.8, 4) is 0 Å². The highest BCUT2D eigenvalue weighted by atomic mass is 16.2. The molecule has 3 aromatic rings. The highest BCUT2D eigenvalue weighted by molar-refractivity contribution is 6.10. The van der Waals surface area contributed by atoms with E-state index in [4.69, 9.17) is 0 Å². The summed E-state index contributed by atoms with van der Waals surface area (Å²) < 4.78 is 1.65. The van der Waals surface area contributed by atoms with Crippen LogP contribution in [-0.4, -0.2) is 33.8 Å². The van der Waals surface area contributed by atoms with Crippen LogP contribution in [0.2, 0.25) is 0 Å². The van der Waals surface area contributed by atoms with Gasteiger partial charge in [-0.05, 0) is 45.0 Å². The first kappa shape index (κ1) is 17.7. The van der Waals surface area contributed by atoms with E-state index in [1.54, 1.807) is 29.8 Å². The van der Waals surface area contributed by atoms with Gasteiger partial charge in [0.05, 0.1) is 5.52 Å². The number of anilines is 1. The zero-order valence-electron chi connectivity index (χ0n) is 15.4. The average Bonchev–Trinajstić information content (AvgIpc) is 2.99. The van der Waals surface area contributed by atoms with Crippen LogP contribution in [0.15, 0.2) is 54.7 Å². The van der Waals surface area contributed by atoms with Crippen molar-refractivity contribution >= 4 is 23.0 Å². The molecule has 1 N–H and O–H groups in total. The van der Waals surface area contributed by atoms with Gasteiger partial charge >= 0.3 is 0 Å². The highest BCUT2D eigenvalue weighted by Crippen LogP contribution is 2.19. The molecule has 3 rings (SSSR count). The van der Waals surface area contributed by atoms with E-state index in [1.807, 2.05) is 57.2 Å². The normalized spacial score (nSPS) is 11.4. The molecule has 26 heavy (non-hydrogen) atoms. The first-order valence-electron chi connectivity index (χ1n) is 8.40. The number of benzene rings is 1. The Balaban J connectivity index is 2.04. The first-order chi connectivity index (χ1) is 12.3. The van der Waals surface area contributed by atoms with E-state index in [2.05, 4.69) is 10.3 Å². The summed E-state index contributed by atoms with van der Waals surface area (Å²) in [6.07, 6.45) is 1.74. The maximum Gasteiger partial charge on any atom is 0.288 e. The van der Waals surface area contributed by atoms with E-state index >= 15 is 0 Å². The number of fused-ring (bicyclic) bond motifs is 1.